The van der Waals surface area contributed by atoms with E-state index in [1.165, 1.54) is 12.1 Å². The van der Waals surface area contributed by atoms with Gasteiger partial charge >= 0.3 is 12.0 Å². The molecule has 7 heteroatoms. The molecule has 4 N–H and O–H groups in total. The fourth-order valence-corrected chi connectivity index (χ4v) is 2.00. The van der Waals surface area contributed by atoms with Crippen molar-refractivity contribution >= 4 is 46.0 Å². The van der Waals surface area contributed by atoms with Crippen molar-refractivity contribution < 1.29 is 19.8 Å². The Kier molecular flexibility index (Phi) is 4.63. The van der Waals surface area contributed by atoms with E-state index in [0.29, 0.717) is 5.69 Å². The second-order valence-corrected chi connectivity index (χ2v) is 5.37. The zero-order valence-corrected chi connectivity index (χ0v) is 12.8. The molecule has 0 spiro atoms. The van der Waals surface area contributed by atoms with Gasteiger partial charge in [0.15, 0.2) is 0 Å². The van der Waals surface area contributed by atoms with Crippen LogP contribution in [0.15, 0.2) is 42.5 Å². The Bertz CT molecular complexity index is 686. The highest BCUT2D eigenvalue weighted by molar-refractivity contribution is 14.1. The molecular weight excluding hydrogens is 387 g/mol. The number of hydrogen-bond acceptors (Lipinski definition) is 3. The van der Waals surface area contributed by atoms with E-state index in [0.717, 1.165) is 9.64 Å². The second kappa shape index (κ2) is 6.44. The Balaban J connectivity index is 2.12. The van der Waals surface area contributed by atoms with Gasteiger partial charge in [-0.1, -0.05) is 0 Å². The summed E-state index contributed by atoms with van der Waals surface area (Å²) in [5, 5.41) is 23.4. The lowest BCUT2D eigenvalue weighted by atomic mass is 10.1. The quantitative estimate of drug-likeness (QED) is 0.471. The van der Waals surface area contributed by atoms with Crippen LogP contribution in [0.3, 0.4) is 0 Å². The normalized spacial score (nSPS) is 9.95. The molecule has 2 amide bonds. The molecule has 0 aliphatic rings. The van der Waals surface area contributed by atoms with Crippen LogP contribution in [0.4, 0.5) is 16.2 Å². The number of hydrogen-bond donors (Lipinski definition) is 4. The van der Waals surface area contributed by atoms with Crippen LogP contribution in [0.25, 0.3) is 0 Å². The molecule has 0 fully saturated rings. The van der Waals surface area contributed by atoms with Crippen molar-refractivity contribution in [3.8, 4) is 5.75 Å². The molecule has 0 saturated heterocycles. The molecule has 2 aromatic rings. The zero-order valence-electron chi connectivity index (χ0n) is 10.6. The summed E-state index contributed by atoms with van der Waals surface area (Å²) >= 11 is 2.15. The van der Waals surface area contributed by atoms with E-state index in [9.17, 15) is 14.7 Å². The summed E-state index contributed by atoms with van der Waals surface area (Å²) in [6.45, 7) is 0. The average Bonchev–Trinajstić information content (AvgIpc) is 2.43. The number of urea groups is 1. The van der Waals surface area contributed by atoms with Crippen LogP contribution in [0.5, 0.6) is 5.75 Å². The van der Waals surface area contributed by atoms with Crippen LogP contribution in [0, 0.1) is 3.57 Å². The van der Waals surface area contributed by atoms with Crippen molar-refractivity contribution in [3.63, 3.8) is 0 Å². The van der Waals surface area contributed by atoms with E-state index in [-0.39, 0.29) is 17.0 Å². The number of phenols is 1. The number of nitrogens with one attached hydrogen (secondary N) is 2. The highest BCUT2D eigenvalue weighted by Gasteiger charge is 2.13. The molecule has 2 aromatic carbocycles. The highest BCUT2D eigenvalue weighted by Crippen LogP contribution is 2.21. The molecule has 0 aromatic heterocycles. The van der Waals surface area contributed by atoms with Crippen molar-refractivity contribution in [3.05, 3.63) is 51.6 Å². The van der Waals surface area contributed by atoms with Crippen molar-refractivity contribution in [1.82, 2.24) is 0 Å². The predicted octanol–water partition coefficient (Wildman–Crippen LogP) is 3.34. The minimum Gasteiger partial charge on any atom is -0.508 e. The first-order valence-corrected chi connectivity index (χ1v) is 6.93. The zero-order chi connectivity index (χ0) is 15.4. The number of phenolic OH excluding ortho intramolecular Hbond substituents is 1. The smallest absolute Gasteiger partial charge is 0.337 e. The van der Waals surface area contributed by atoms with E-state index < -0.39 is 12.0 Å². The van der Waals surface area contributed by atoms with Crippen LogP contribution in [0.2, 0.25) is 0 Å². The van der Waals surface area contributed by atoms with Gasteiger partial charge in [-0.15, -0.1) is 0 Å². The third kappa shape index (κ3) is 4.09. The molecule has 0 aliphatic heterocycles. The number of halogens is 1. The SMILES string of the molecule is O=C(Nc1ccc(I)cc1)Nc1ccc(O)cc1C(=O)O. The Morgan fingerprint density at radius 3 is 2.29 bits per heavy atom. The number of carboxylic acid groups (broad SMARTS) is 1. The number of rotatable bonds is 3. The Morgan fingerprint density at radius 2 is 1.67 bits per heavy atom. The van der Waals surface area contributed by atoms with Crippen LogP contribution in [-0.4, -0.2) is 22.2 Å². The van der Waals surface area contributed by atoms with Crippen molar-refractivity contribution in [1.29, 1.82) is 0 Å². The van der Waals surface area contributed by atoms with E-state index in [1.807, 2.05) is 12.1 Å². The van der Waals surface area contributed by atoms with Gasteiger partial charge in [0.25, 0.3) is 0 Å². The molecule has 0 atom stereocenters. The maximum Gasteiger partial charge on any atom is 0.337 e. The minimum absolute atomic E-state index is 0.100. The molecular formula is C14H11IN2O4. The average molecular weight is 398 g/mol. The molecule has 21 heavy (non-hydrogen) atoms. The minimum atomic E-state index is -1.24. The monoisotopic (exact) mass is 398 g/mol. The van der Waals surface area contributed by atoms with Crippen molar-refractivity contribution in [2.24, 2.45) is 0 Å². The van der Waals surface area contributed by atoms with Gasteiger partial charge in [-0.25, -0.2) is 9.59 Å². The topological polar surface area (TPSA) is 98.7 Å². The lowest BCUT2D eigenvalue weighted by Gasteiger charge is -2.10. The first-order valence-electron chi connectivity index (χ1n) is 5.85. The number of aromatic hydroxyl groups is 1. The van der Waals surface area contributed by atoms with Gasteiger partial charge in [-0.2, -0.15) is 0 Å². The van der Waals surface area contributed by atoms with Gasteiger partial charge < -0.3 is 20.8 Å². The predicted molar refractivity (Wildman–Crippen MR) is 86.9 cm³/mol. The van der Waals surface area contributed by atoms with Gasteiger partial charge in [0.2, 0.25) is 0 Å². The Labute approximate surface area is 133 Å². The molecule has 0 bridgehead atoms. The van der Waals surface area contributed by atoms with Crippen molar-refractivity contribution in [2.75, 3.05) is 10.6 Å². The third-order valence-corrected chi connectivity index (χ3v) is 3.30. The number of aromatic carboxylic acids is 1. The van der Waals surface area contributed by atoms with Crippen LogP contribution >= 0.6 is 22.6 Å². The van der Waals surface area contributed by atoms with Gasteiger partial charge in [0, 0.05) is 9.26 Å². The molecule has 0 aliphatic carbocycles. The van der Waals surface area contributed by atoms with Crippen LogP contribution < -0.4 is 10.6 Å². The first kappa shape index (κ1) is 15.1. The molecule has 108 valence electrons. The van der Waals surface area contributed by atoms with E-state index in [4.69, 9.17) is 5.11 Å². The van der Waals surface area contributed by atoms with Crippen LogP contribution in [-0.2, 0) is 0 Å². The standard InChI is InChI=1S/C14H11IN2O4/c15-8-1-3-9(4-2-8)16-14(21)17-12-6-5-10(18)7-11(12)13(19)20/h1-7,18H,(H,19,20)(H2,16,17,21). The van der Waals surface area contributed by atoms with Crippen molar-refractivity contribution in [2.45, 2.75) is 0 Å². The summed E-state index contributed by atoms with van der Waals surface area (Å²) in [5.74, 6) is -1.42. The summed E-state index contributed by atoms with van der Waals surface area (Å²) in [6.07, 6.45) is 0. The number of carbonyl (C=O) groups excluding carboxylic acids is 1. The summed E-state index contributed by atoms with van der Waals surface area (Å²) in [7, 11) is 0. The highest BCUT2D eigenvalue weighted by atomic mass is 127. The number of carbonyl (C=O) groups is 2. The fourth-order valence-electron chi connectivity index (χ4n) is 1.64. The van der Waals surface area contributed by atoms with E-state index in [1.54, 1.807) is 12.1 Å². The molecule has 0 radical (unpaired) electrons. The summed E-state index contributed by atoms with van der Waals surface area (Å²) < 4.78 is 1.03. The van der Waals surface area contributed by atoms with Gasteiger partial charge in [-0.3, -0.25) is 0 Å². The lowest BCUT2D eigenvalue weighted by molar-refractivity contribution is 0.0697. The summed E-state index contributed by atoms with van der Waals surface area (Å²) in [6, 6.07) is 10.3. The molecule has 0 unspecified atom stereocenters. The maximum atomic E-state index is 11.8. The van der Waals surface area contributed by atoms with E-state index >= 15 is 0 Å². The molecule has 2 rings (SSSR count). The second-order valence-electron chi connectivity index (χ2n) is 4.12. The van der Waals surface area contributed by atoms with Gasteiger partial charge in [0.05, 0.1) is 11.3 Å². The van der Waals surface area contributed by atoms with Gasteiger partial charge in [0.1, 0.15) is 5.75 Å². The molecule has 6 nitrogen and oxygen atoms in total. The van der Waals surface area contributed by atoms with Gasteiger partial charge in [-0.05, 0) is 65.1 Å². The number of anilines is 2. The fraction of sp³-hybridized carbons (Fsp3) is 0. The Hall–Kier alpha value is -2.29. The number of amides is 2. The van der Waals surface area contributed by atoms with E-state index in [2.05, 4.69) is 33.2 Å². The number of carboxylic acids is 1. The molecule has 0 heterocycles. The largest absolute Gasteiger partial charge is 0.508 e. The summed E-state index contributed by atoms with van der Waals surface area (Å²) in [5.41, 5.74) is 0.500. The number of benzene rings is 2. The third-order valence-electron chi connectivity index (χ3n) is 2.58. The van der Waals surface area contributed by atoms with Crippen LogP contribution in [0.1, 0.15) is 10.4 Å². The first-order chi connectivity index (χ1) is 9.95. The maximum absolute atomic E-state index is 11.8. The summed E-state index contributed by atoms with van der Waals surface area (Å²) in [4.78, 5) is 22.9. The molecule has 0 saturated carbocycles. The Morgan fingerprint density at radius 1 is 1.00 bits per heavy atom. The lowest BCUT2D eigenvalue weighted by Crippen LogP contribution is -2.20.